The molecule has 0 fully saturated rings. The van der Waals surface area contributed by atoms with E-state index in [2.05, 4.69) is 6.07 Å². The van der Waals surface area contributed by atoms with Gasteiger partial charge in [-0.25, -0.2) is 5.06 Å². The normalized spacial score (nSPS) is 15.9. The number of nitrogens with zero attached hydrogens (tertiary/aromatic N) is 2. The Labute approximate surface area is 179 Å². The molecule has 2 unspecified atom stereocenters. The molecular weight excluding hydrogens is 402 g/mol. The van der Waals surface area contributed by atoms with Crippen molar-refractivity contribution < 1.29 is 29.1 Å². The number of hydrogen-bond donors (Lipinski definition) is 2. The second-order valence-electron chi connectivity index (χ2n) is 6.93. The molecule has 0 bridgehead atoms. The van der Waals surface area contributed by atoms with Crippen LogP contribution in [0.25, 0.3) is 0 Å². The van der Waals surface area contributed by atoms with Gasteiger partial charge in [0, 0.05) is 0 Å². The number of carbonyl (C=O) groups excluding carboxylic acids is 3. The zero-order valence-corrected chi connectivity index (χ0v) is 17.3. The number of hydroxylamine groups is 2. The van der Waals surface area contributed by atoms with Crippen LogP contribution in [0.5, 0.6) is 11.5 Å². The van der Waals surface area contributed by atoms with Crippen molar-refractivity contribution in [1.82, 2.24) is 9.96 Å². The molecule has 0 saturated heterocycles. The molecule has 0 aromatic heterocycles. The lowest BCUT2D eigenvalue weighted by atomic mass is 9.98. The summed E-state index contributed by atoms with van der Waals surface area (Å²) in [6.45, 7) is 2.16. The SMILES string of the molecule is CCOc1cc(C(CCN(O)C=O)N2C(=O)c3[c]cccc3C2C(N)=O)ccc1OC. The van der Waals surface area contributed by atoms with Crippen LogP contribution in [-0.4, -0.2) is 53.7 Å². The summed E-state index contributed by atoms with van der Waals surface area (Å²) >= 11 is 0. The molecule has 2 aromatic carbocycles. The fraction of sp³-hybridized carbons (Fsp3) is 0.318. The Morgan fingerprint density at radius 2 is 2.16 bits per heavy atom. The van der Waals surface area contributed by atoms with E-state index in [0.29, 0.717) is 34.3 Å². The fourth-order valence-corrected chi connectivity index (χ4v) is 3.81. The average Bonchev–Trinajstić information content (AvgIpc) is 3.07. The van der Waals surface area contributed by atoms with Gasteiger partial charge < -0.3 is 20.1 Å². The summed E-state index contributed by atoms with van der Waals surface area (Å²) < 4.78 is 11.0. The second kappa shape index (κ2) is 9.48. The van der Waals surface area contributed by atoms with Crippen molar-refractivity contribution >= 4 is 18.2 Å². The van der Waals surface area contributed by atoms with E-state index in [4.69, 9.17) is 15.2 Å². The number of fused-ring (bicyclic) bond motifs is 1. The van der Waals surface area contributed by atoms with Gasteiger partial charge in [0.05, 0.1) is 31.9 Å². The Kier molecular flexibility index (Phi) is 6.76. The first kappa shape index (κ1) is 22.1. The number of ether oxygens (including phenoxy) is 2. The van der Waals surface area contributed by atoms with Gasteiger partial charge in [0.2, 0.25) is 12.3 Å². The van der Waals surface area contributed by atoms with Crippen molar-refractivity contribution in [2.45, 2.75) is 25.4 Å². The molecule has 2 atom stereocenters. The lowest BCUT2D eigenvalue weighted by Crippen LogP contribution is -2.40. The van der Waals surface area contributed by atoms with Gasteiger partial charge in [0.15, 0.2) is 11.5 Å². The van der Waals surface area contributed by atoms with Gasteiger partial charge in [-0.15, -0.1) is 0 Å². The third-order valence-electron chi connectivity index (χ3n) is 5.14. The maximum atomic E-state index is 13.3. The minimum absolute atomic E-state index is 0.0700. The molecule has 163 valence electrons. The summed E-state index contributed by atoms with van der Waals surface area (Å²) in [5.41, 5.74) is 7.06. The standard InChI is InChI=1S/C22H24N3O6/c1-3-31-19-12-14(8-9-18(19)30-2)17(10-11-24(29)13-26)25-20(21(23)27)15-6-4-5-7-16(15)22(25)28/h4-6,8-9,12-13,17,20,29H,3,10-11H2,1-2H3,(H2,23,27). The van der Waals surface area contributed by atoms with E-state index in [0.717, 1.165) is 0 Å². The molecule has 31 heavy (non-hydrogen) atoms. The van der Waals surface area contributed by atoms with Gasteiger partial charge in [0.1, 0.15) is 6.04 Å². The molecule has 1 aliphatic heterocycles. The summed E-state index contributed by atoms with van der Waals surface area (Å²) in [6.07, 6.45) is 0.424. The molecule has 9 heteroatoms. The van der Waals surface area contributed by atoms with Gasteiger partial charge in [-0.05, 0) is 42.7 Å². The number of hydrogen-bond acceptors (Lipinski definition) is 6. The zero-order chi connectivity index (χ0) is 22.5. The first-order valence-corrected chi connectivity index (χ1v) is 9.77. The monoisotopic (exact) mass is 426 g/mol. The van der Waals surface area contributed by atoms with Crippen LogP contribution in [0.15, 0.2) is 36.4 Å². The number of nitrogens with two attached hydrogens (primary N) is 1. The largest absolute Gasteiger partial charge is 0.493 e. The van der Waals surface area contributed by atoms with E-state index >= 15 is 0 Å². The van der Waals surface area contributed by atoms with E-state index in [1.807, 2.05) is 6.92 Å². The number of carbonyl (C=O) groups is 3. The molecule has 3 N–H and O–H groups in total. The molecule has 2 aromatic rings. The van der Waals surface area contributed by atoms with Gasteiger partial charge in [-0.2, -0.15) is 0 Å². The molecule has 3 amide bonds. The van der Waals surface area contributed by atoms with Crippen LogP contribution in [0.1, 0.15) is 46.9 Å². The number of methoxy groups -OCH3 is 1. The molecule has 0 aliphatic carbocycles. The first-order chi connectivity index (χ1) is 14.9. The van der Waals surface area contributed by atoms with Crippen molar-refractivity contribution in [2.75, 3.05) is 20.3 Å². The van der Waals surface area contributed by atoms with Crippen molar-refractivity contribution in [1.29, 1.82) is 0 Å². The lowest BCUT2D eigenvalue weighted by Gasteiger charge is -2.33. The third-order valence-corrected chi connectivity index (χ3v) is 5.14. The number of benzene rings is 2. The van der Waals surface area contributed by atoms with Gasteiger partial charge >= 0.3 is 0 Å². The van der Waals surface area contributed by atoms with Crippen LogP contribution in [-0.2, 0) is 9.59 Å². The number of primary amides is 1. The summed E-state index contributed by atoms with van der Waals surface area (Å²) in [7, 11) is 1.52. The fourth-order valence-electron chi connectivity index (χ4n) is 3.81. The van der Waals surface area contributed by atoms with Crippen LogP contribution in [0.3, 0.4) is 0 Å². The van der Waals surface area contributed by atoms with Crippen molar-refractivity contribution in [3.05, 3.63) is 59.2 Å². The number of amides is 3. The summed E-state index contributed by atoms with van der Waals surface area (Å²) in [4.78, 5) is 37.9. The summed E-state index contributed by atoms with van der Waals surface area (Å²) in [6, 6.07) is 11.3. The van der Waals surface area contributed by atoms with Crippen LogP contribution in [0.2, 0.25) is 0 Å². The lowest BCUT2D eigenvalue weighted by molar-refractivity contribution is -0.150. The predicted octanol–water partition coefficient (Wildman–Crippen LogP) is 1.86. The van der Waals surface area contributed by atoms with Crippen LogP contribution in [0.4, 0.5) is 0 Å². The zero-order valence-electron chi connectivity index (χ0n) is 17.3. The second-order valence-corrected chi connectivity index (χ2v) is 6.93. The van der Waals surface area contributed by atoms with Crippen molar-refractivity contribution in [3.8, 4) is 11.5 Å². The molecule has 9 nitrogen and oxygen atoms in total. The van der Waals surface area contributed by atoms with E-state index in [1.165, 1.54) is 12.0 Å². The summed E-state index contributed by atoms with van der Waals surface area (Å²) in [5.74, 6) is -0.118. The molecule has 1 aliphatic rings. The Hall–Kier alpha value is -3.59. The van der Waals surface area contributed by atoms with Crippen molar-refractivity contribution in [3.63, 3.8) is 0 Å². The third kappa shape index (κ3) is 4.31. The molecule has 1 radical (unpaired) electrons. The topological polar surface area (TPSA) is 122 Å². The minimum atomic E-state index is -1.01. The Morgan fingerprint density at radius 1 is 1.39 bits per heavy atom. The maximum Gasteiger partial charge on any atom is 0.256 e. The highest BCUT2D eigenvalue weighted by Gasteiger charge is 2.44. The highest BCUT2D eigenvalue weighted by Crippen LogP contribution is 2.42. The van der Waals surface area contributed by atoms with E-state index in [1.54, 1.807) is 36.4 Å². The highest BCUT2D eigenvalue weighted by atomic mass is 16.5. The quantitative estimate of drug-likeness (QED) is 0.340. The smallest absolute Gasteiger partial charge is 0.256 e. The highest BCUT2D eigenvalue weighted by molar-refractivity contribution is 6.04. The minimum Gasteiger partial charge on any atom is -0.493 e. The van der Waals surface area contributed by atoms with Crippen LogP contribution >= 0.6 is 0 Å². The van der Waals surface area contributed by atoms with Crippen LogP contribution in [0, 0.1) is 6.07 Å². The Morgan fingerprint density at radius 3 is 2.81 bits per heavy atom. The van der Waals surface area contributed by atoms with Gasteiger partial charge in [0.25, 0.3) is 5.91 Å². The van der Waals surface area contributed by atoms with Crippen LogP contribution < -0.4 is 15.2 Å². The van der Waals surface area contributed by atoms with E-state index in [9.17, 15) is 19.6 Å². The molecule has 0 saturated carbocycles. The first-order valence-electron chi connectivity index (χ1n) is 9.77. The molecular formula is C22H24N3O6. The maximum absolute atomic E-state index is 13.3. The Bertz CT molecular complexity index is 979. The van der Waals surface area contributed by atoms with Crippen molar-refractivity contribution in [2.24, 2.45) is 5.73 Å². The average molecular weight is 426 g/mol. The molecule has 3 rings (SSSR count). The molecule has 0 spiro atoms. The van der Waals surface area contributed by atoms with Gasteiger partial charge in [-0.1, -0.05) is 24.3 Å². The summed E-state index contributed by atoms with van der Waals surface area (Å²) in [5, 5.41) is 10.1. The molecule has 1 heterocycles. The van der Waals surface area contributed by atoms with E-state index < -0.39 is 23.9 Å². The van der Waals surface area contributed by atoms with E-state index in [-0.39, 0.29) is 24.9 Å². The number of rotatable bonds is 10. The Balaban J connectivity index is 2.09. The predicted molar refractivity (Wildman–Crippen MR) is 109 cm³/mol. The van der Waals surface area contributed by atoms with Gasteiger partial charge in [-0.3, -0.25) is 19.6 Å².